The van der Waals surface area contributed by atoms with Gasteiger partial charge in [0.2, 0.25) is 5.91 Å². The summed E-state index contributed by atoms with van der Waals surface area (Å²) in [6.07, 6.45) is 0. The van der Waals surface area contributed by atoms with Crippen molar-refractivity contribution in [1.82, 2.24) is 15.2 Å². The van der Waals surface area contributed by atoms with Crippen molar-refractivity contribution in [2.45, 2.75) is 0 Å². The third-order valence-electron chi connectivity index (χ3n) is 4.98. The minimum Gasteiger partial charge on any atom is -0.353 e. The van der Waals surface area contributed by atoms with E-state index >= 15 is 0 Å². The van der Waals surface area contributed by atoms with Crippen LogP contribution in [0.1, 0.15) is 10.4 Å². The number of nitrogens with zero attached hydrogens (tertiary/aromatic N) is 3. The summed E-state index contributed by atoms with van der Waals surface area (Å²) in [5, 5.41) is 3.82. The zero-order valence-corrected chi connectivity index (χ0v) is 15.5. The van der Waals surface area contributed by atoms with E-state index < -0.39 is 0 Å². The molecule has 0 unspecified atom stereocenters. The molecule has 1 aliphatic rings. The second-order valence-electron chi connectivity index (χ2n) is 6.78. The monoisotopic (exact) mass is 374 g/mol. The number of hydrogen-bond donors (Lipinski definition) is 1. The molecule has 6 heteroatoms. The van der Waals surface area contributed by atoms with Crippen LogP contribution in [-0.2, 0) is 4.79 Å². The van der Waals surface area contributed by atoms with Gasteiger partial charge in [-0.2, -0.15) is 0 Å². The van der Waals surface area contributed by atoms with E-state index in [0.29, 0.717) is 18.7 Å². The van der Waals surface area contributed by atoms with Crippen molar-refractivity contribution in [1.29, 1.82) is 0 Å². The van der Waals surface area contributed by atoms with E-state index in [1.54, 1.807) is 29.2 Å². The van der Waals surface area contributed by atoms with Gasteiger partial charge >= 0.3 is 0 Å². The van der Waals surface area contributed by atoms with Crippen LogP contribution >= 0.6 is 0 Å². The molecule has 1 aliphatic heterocycles. The predicted octanol–water partition coefficient (Wildman–Crippen LogP) is 2.31. The smallest absolute Gasteiger partial charge is 0.251 e. The number of carbonyl (C=O) groups is 2. The lowest BCUT2D eigenvalue weighted by Crippen LogP contribution is -2.51. The Morgan fingerprint density at radius 2 is 1.57 bits per heavy atom. The normalized spacial score (nSPS) is 14.1. The number of para-hydroxylation sites is 1. The van der Waals surface area contributed by atoms with Crippen LogP contribution in [0.5, 0.6) is 0 Å². The molecule has 0 saturated carbocycles. The van der Waals surface area contributed by atoms with Crippen molar-refractivity contribution < 1.29 is 9.59 Å². The predicted molar refractivity (Wildman–Crippen MR) is 109 cm³/mol. The second-order valence-corrected chi connectivity index (χ2v) is 6.78. The summed E-state index contributed by atoms with van der Waals surface area (Å²) in [7, 11) is 0. The lowest BCUT2D eigenvalue weighted by atomic mass is 10.2. The topological polar surface area (TPSA) is 65.5 Å². The Bertz CT molecular complexity index is 982. The number of rotatable bonds is 4. The largest absolute Gasteiger partial charge is 0.353 e. The van der Waals surface area contributed by atoms with Crippen LogP contribution in [0.25, 0.3) is 10.9 Å². The first-order chi connectivity index (χ1) is 13.7. The van der Waals surface area contributed by atoms with Crippen LogP contribution in [0.2, 0.25) is 0 Å². The molecule has 1 aromatic heterocycles. The number of carbonyl (C=O) groups excluding carboxylic acids is 2. The number of pyridine rings is 1. The number of benzene rings is 2. The molecule has 2 aromatic carbocycles. The Morgan fingerprint density at radius 1 is 0.857 bits per heavy atom. The lowest BCUT2D eigenvalue weighted by Gasteiger charge is -2.35. The molecule has 0 aliphatic carbocycles. The summed E-state index contributed by atoms with van der Waals surface area (Å²) < 4.78 is 0. The van der Waals surface area contributed by atoms with Crippen LogP contribution in [0, 0.1) is 0 Å². The van der Waals surface area contributed by atoms with Gasteiger partial charge in [-0.1, -0.05) is 36.4 Å². The van der Waals surface area contributed by atoms with Crippen molar-refractivity contribution in [2.24, 2.45) is 0 Å². The van der Waals surface area contributed by atoms with Crippen molar-refractivity contribution in [3.05, 3.63) is 72.3 Å². The van der Waals surface area contributed by atoms with Gasteiger partial charge in [0.15, 0.2) is 0 Å². The fourth-order valence-electron chi connectivity index (χ4n) is 3.38. The molecule has 2 amide bonds. The van der Waals surface area contributed by atoms with Crippen LogP contribution in [0.4, 0.5) is 5.82 Å². The highest BCUT2D eigenvalue weighted by Crippen LogP contribution is 2.19. The zero-order valence-electron chi connectivity index (χ0n) is 15.5. The molecule has 1 N–H and O–H groups in total. The number of anilines is 1. The van der Waals surface area contributed by atoms with Crippen LogP contribution in [0.15, 0.2) is 66.7 Å². The maximum absolute atomic E-state index is 12.4. The third kappa shape index (κ3) is 3.96. The molecule has 1 saturated heterocycles. The Hall–Kier alpha value is -3.41. The van der Waals surface area contributed by atoms with E-state index in [9.17, 15) is 9.59 Å². The SMILES string of the molecule is O=C(NCC(=O)N1CCN(c2ccc3ccccc3n2)CC1)c1ccccc1. The molecule has 0 bridgehead atoms. The molecule has 4 rings (SSSR count). The summed E-state index contributed by atoms with van der Waals surface area (Å²) in [4.78, 5) is 33.2. The van der Waals surface area contributed by atoms with E-state index in [4.69, 9.17) is 4.98 Å². The second kappa shape index (κ2) is 8.08. The number of fused-ring (bicyclic) bond motifs is 1. The van der Waals surface area contributed by atoms with Gasteiger partial charge in [0.05, 0.1) is 12.1 Å². The van der Waals surface area contributed by atoms with Gasteiger partial charge in [-0.05, 0) is 30.3 Å². The number of piperazine rings is 1. The molecule has 28 heavy (non-hydrogen) atoms. The molecule has 0 radical (unpaired) electrons. The van der Waals surface area contributed by atoms with Gasteiger partial charge in [-0.3, -0.25) is 9.59 Å². The highest BCUT2D eigenvalue weighted by atomic mass is 16.2. The van der Waals surface area contributed by atoms with E-state index in [0.717, 1.165) is 29.8 Å². The van der Waals surface area contributed by atoms with Gasteiger partial charge in [0.1, 0.15) is 5.82 Å². The van der Waals surface area contributed by atoms with Crippen LogP contribution in [0.3, 0.4) is 0 Å². The highest BCUT2D eigenvalue weighted by molar-refractivity contribution is 5.96. The fourth-order valence-corrected chi connectivity index (χ4v) is 3.38. The summed E-state index contributed by atoms with van der Waals surface area (Å²) in [6, 6.07) is 21.1. The first kappa shape index (κ1) is 18.0. The Kier molecular flexibility index (Phi) is 5.19. The molecular formula is C22H22N4O2. The van der Waals surface area contributed by atoms with Gasteiger partial charge in [-0.25, -0.2) is 4.98 Å². The molecular weight excluding hydrogens is 352 g/mol. The van der Waals surface area contributed by atoms with Gasteiger partial charge in [-0.15, -0.1) is 0 Å². The minimum atomic E-state index is -0.229. The molecule has 0 atom stereocenters. The maximum atomic E-state index is 12.4. The maximum Gasteiger partial charge on any atom is 0.251 e. The first-order valence-electron chi connectivity index (χ1n) is 9.42. The molecule has 142 valence electrons. The van der Waals surface area contributed by atoms with Crippen molar-refractivity contribution >= 4 is 28.5 Å². The van der Waals surface area contributed by atoms with Crippen molar-refractivity contribution in [3.63, 3.8) is 0 Å². The lowest BCUT2D eigenvalue weighted by molar-refractivity contribution is -0.130. The van der Waals surface area contributed by atoms with E-state index in [1.165, 1.54) is 0 Å². The Balaban J connectivity index is 1.30. The molecule has 6 nitrogen and oxygen atoms in total. The molecule has 3 aromatic rings. The van der Waals surface area contributed by atoms with E-state index in [1.807, 2.05) is 36.4 Å². The number of nitrogens with one attached hydrogen (secondary N) is 1. The molecule has 0 spiro atoms. The standard InChI is InChI=1S/C22H22N4O2/c27-21(16-23-22(28)18-7-2-1-3-8-18)26-14-12-25(13-15-26)20-11-10-17-6-4-5-9-19(17)24-20/h1-11H,12-16H2,(H,23,28). The summed E-state index contributed by atoms with van der Waals surface area (Å²) in [5.74, 6) is 0.645. The molecule has 1 fully saturated rings. The number of aromatic nitrogens is 1. The molecule has 2 heterocycles. The number of hydrogen-bond acceptors (Lipinski definition) is 4. The van der Waals surface area contributed by atoms with E-state index in [-0.39, 0.29) is 18.4 Å². The average molecular weight is 374 g/mol. The van der Waals surface area contributed by atoms with Crippen LogP contribution in [-0.4, -0.2) is 54.4 Å². The minimum absolute atomic E-state index is 0.0158. The fraction of sp³-hybridized carbons (Fsp3) is 0.227. The van der Waals surface area contributed by atoms with Gasteiger partial charge in [0, 0.05) is 37.1 Å². The van der Waals surface area contributed by atoms with Crippen molar-refractivity contribution in [3.8, 4) is 0 Å². The third-order valence-corrected chi connectivity index (χ3v) is 4.98. The first-order valence-corrected chi connectivity index (χ1v) is 9.42. The van der Waals surface area contributed by atoms with Crippen LogP contribution < -0.4 is 10.2 Å². The Labute approximate surface area is 163 Å². The summed E-state index contributed by atoms with van der Waals surface area (Å²) in [5.41, 5.74) is 1.53. The summed E-state index contributed by atoms with van der Waals surface area (Å²) >= 11 is 0. The average Bonchev–Trinajstić information content (AvgIpc) is 2.77. The van der Waals surface area contributed by atoms with Gasteiger partial charge < -0.3 is 15.1 Å². The highest BCUT2D eigenvalue weighted by Gasteiger charge is 2.22. The quantitative estimate of drug-likeness (QED) is 0.761. The summed E-state index contributed by atoms with van der Waals surface area (Å²) in [6.45, 7) is 2.71. The Morgan fingerprint density at radius 3 is 2.36 bits per heavy atom. The zero-order chi connectivity index (χ0) is 19.3. The van der Waals surface area contributed by atoms with Crippen molar-refractivity contribution in [2.75, 3.05) is 37.6 Å². The van der Waals surface area contributed by atoms with E-state index in [2.05, 4.69) is 16.3 Å². The van der Waals surface area contributed by atoms with Gasteiger partial charge in [0.25, 0.3) is 5.91 Å². The number of amides is 2.